The average Bonchev–Trinajstić information content (AvgIpc) is 2.81. The van der Waals surface area contributed by atoms with Gasteiger partial charge in [0.05, 0.1) is 41.3 Å². The van der Waals surface area contributed by atoms with E-state index in [-0.39, 0.29) is 11.6 Å². The van der Waals surface area contributed by atoms with Crippen LogP contribution in [0.4, 0.5) is 17.1 Å². The fraction of sp³-hybridized carbons (Fsp3) is 0.304. The molecule has 1 amide bonds. The third kappa shape index (κ3) is 4.74. The van der Waals surface area contributed by atoms with E-state index in [0.29, 0.717) is 35.2 Å². The molecule has 0 unspecified atom stereocenters. The number of ether oxygens (including phenoxy) is 1. The molecular weight excluding hydrogens is 392 g/mol. The predicted octanol–water partition coefficient (Wildman–Crippen LogP) is 3.76. The Kier molecular flexibility index (Phi) is 6.26. The number of carbonyl (C=O) groups is 1. The molecule has 0 bridgehead atoms. The summed E-state index contributed by atoms with van der Waals surface area (Å²) >= 11 is 0. The minimum absolute atomic E-state index is 0.148. The van der Waals surface area contributed by atoms with Gasteiger partial charge in [-0.05, 0) is 50.5 Å². The molecule has 31 heavy (non-hydrogen) atoms. The number of pyridine rings is 3. The fourth-order valence-corrected chi connectivity index (χ4v) is 3.66. The highest BCUT2D eigenvalue weighted by Crippen LogP contribution is 2.28. The number of anilines is 3. The first-order valence-electron chi connectivity index (χ1n) is 10.5. The molecule has 0 atom stereocenters. The molecule has 1 aliphatic heterocycles. The van der Waals surface area contributed by atoms with Crippen LogP contribution in [0.5, 0.6) is 5.88 Å². The molecule has 3 aromatic rings. The van der Waals surface area contributed by atoms with Crippen LogP contribution in [0, 0.1) is 0 Å². The van der Waals surface area contributed by atoms with Crippen molar-refractivity contribution in [2.24, 2.45) is 0 Å². The molecule has 3 N–H and O–H groups in total. The number of nitrogen functional groups attached to an aromatic ring is 1. The molecular formula is C23H26N6O2. The Morgan fingerprint density at radius 1 is 1.10 bits per heavy atom. The highest BCUT2D eigenvalue weighted by molar-refractivity contribution is 6.07. The fourth-order valence-electron chi connectivity index (χ4n) is 3.66. The van der Waals surface area contributed by atoms with Crippen molar-refractivity contribution in [2.75, 3.05) is 35.6 Å². The molecule has 8 heteroatoms. The van der Waals surface area contributed by atoms with Gasteiger partial charge in [0, 0.05) is 25.4 Å². The van der Waals surface area contributed by atoms with E-state index in [9.17, 15) is 4.79 Å². The number of piperidine rings is 1. The van der Waals surface area contributed by atoms with Crippen LogP contribution in [0.1, 0.15) is 36.7 Å². The zero-order valence-electron chi connectivity index (χ0n) is 17.5. The number of carbonyl (C=O) groups excluding carboxylic acids is 1. The second-order valence-electron chi connectivity index (χ2n) is 7.32. The van der Waals surface area contributed by atoms with Crippen molar-refractivity contribution in [2.45, 2.75) is 26.2 Å². The van der Waals surface area contributed by atoms with E-state index in [1.165, 1.54) is 6.42 Å². The predicted molar refractivity (Wildman–Crippen MR) is 121 cm³/mol. The molecule has 4 heterocycles. The monoisotopic (exact) mass is 418 g/mol. The number of amides is 1. The Labute approximate surface area is 181 Å². The molecule has 3 aromatic heterocycles. The van der Waals surface area contributed by atoms with Gasteiger partial charge in [-0.1, -0.05) is 6.07 Å². The minimum Gasteiger partial charge on any atom is -0.478 e. The topological polar surface area (TPSA) is 106 Å². The number of hydrogen-bond acceptors (Lipinski definition) is 7. The van der Waals surface area contributed by atoms with Gasteiger partial charge in [-0.25, -0.2) is 9.97 Å². The molecule has 160 valence electrons. The normalized spacial score (nSPS) is 13.6. The lowest BCUT2D eigenvalue weighted by Gasteiger charge is -2.30. The minimum atomic E-state index is -0.383. The molecule has 1 fully saturated rings. The first-order valence-corrected chi connectivity index (χ1v) is 10.5. The van der Waals surface area contributed by atoms with Crippen molar-refractivity contribution >= 4 is 23.0 Å². The molecule has 0 aromatic carbocycles. The summed E-state index contributed by atoms with van der Waals surface area (Å²) in [6.07, 6.45) is 6.91. The van der Waals surface area contributed by atoms with Crippen LogP contribution in [0.15, 0.2) is 48.8 Å². The smallest absolute Gasteiger partial charge is 0.276 e. The largest absolute Gasteiger partial charge is 0.478 e. The maximum absolute atomic E-state index is 13.1. The van der Waals surface area contributed by atoms with Crippen LogP contribution in [0.2, 0.25) is 0 Å². The van der Waals surface area contributed by atoms with E-state index < -0.39 is 0 Å². The first kappa shape index (κ1) is 20.6. The van der Waals surface area contributed by atoms with E-state index in [0.717, 1.165) is 31.6 Å². The van der Waals surface area contributed by atoms with Gasteiger partial charge >= 0.3 is 0 Å². The molecule has 1 saturated heterocycles. The van der Waals surface area contributed by atoms with Crippen LogP contribution >= 0.6 is 0 Å². The Balaban J connectivity index is 1.60. The summed E-state index contributed by atoms with van der Waals surface area (Å²) in [5.74, 6) is 0.123. The van der Waals surface area contributed by atoms with Crippen molar-refractivity contribution in [3.63, 3.8) is 0 Å². The van der Waals surface area contributed by atoms with Crippen LogP contribution in [-0.2, 0) is 0 Å². The summed E-state index contributed by atoms with van der Waals surface area (Å²) in [5, 5.41) is 2.94. The van der Waals surface area contributed by atoms with E-state index >= 15 is 0 Å². The zero-order valence-corrected chi connectivity index (χ0v) is 17.5. The molecule has 0 radical (unpaired) electrons. The average molecular weight is 419 g/mol. The number of rotatable bonds is 6. The van der Waals surface area contributed by atoms with E-state index in [1.807, 2.05) is 25.1 Å². The van der Waals surface area contributed by atoms with Crippen LogP contribution in [0.3, 0.4) is 0 Å². The summed E-state index contributed by atoms with van der Waals surface area (Å²) < 4.78 is 5.46. The third-order valence-corrected chi connectivity index (χ3v) is 5.16. The SMILES string of the molecule is CCOc1cccc(-c2ccc(N)c(C(=O)Nc3cnccc3N3CCCCC3)n2)n1. The van der Waals surface area contributed by atoms with Crippen LogP contribution in [-0.4, -0.2) is 40.6 Å². The van der Waals surface area contributed by atoms with E-state index in [1.54, 1.807) is 30.6 Å². The quantitative estimate of drug-likeness (QED) is 0.628. The van der Waals surface area contributed by atoms with Gasteiger partial charge in [0.15, 0.2) is 5.69 Å². The third-order valence-electron chi connectivity index (χ3n) is 5.16. The van der Waals surface area contributed by atoms with Gasteiger partial charge in [-0.2, -0.15) is 0 Å². The molecule has 0 aliphatic carbocycles. The standard InChI is InChI=1S/C23H26N6O2/c1-2-31-21-8-6-7-17(26-21)18-10-9-16(24)22(27-18)23(30)28-19-15-25-12-11-20(19)29-13-4-3-5-14-29/h6-12,15H,2-5,13-14,24H2,1H3,(H,28,30). The summed E-state index contributed by atoms with van der Waals surface area (Å²) in [6.45, 7) is 4.34. The van der Waals surface area contributed by atoms with E-state index in [4.69, 9.17) is 10.5 Å². The molecule has 4 rings (SSSR count). The Bertz CT molecular complexity index is 1070. The van der Waals surface area contributed by atoms with Crippen molar-refractivity contribution in [1.29, 1.82) is 0 Å². The van der Waals surface area contributed by atoms with Gasteiger partial charge in [-0.15, -0.1) is 0 Å². The van der Waals surface area contributed by atoms with Crippen LogP contribution < -0.4 is 20.7 Å². The molecule has 8 nitrogen and oxygen atoms in total. The molecule has 1 aliphatic rings. The summed E-state index contributed by atoms with van der Waals surface area (Å²) in [5.41, 5.74) is 9.29. The zero-order chi connectivity index (χ0) is 21.6. The number of aromatic nitrogens is 3. The summed E-state index contributed by atoms with van der Waals surface area (Å²) in [6, 6.07) is 10.8. The van der Waals surface area contributed by atoms with Crippen molar-refractivity contribution in [3.05, 3.63) is 54.5 Å². The number of hydrogen-bond donors (Lipinski definition) is 2. The maximum Gasteiger partial charge on any atom is 0.276 e. The van der Waals surface area contributed by atoms with Gasteiger partial charge < -0.3 is 20.7 Å². The van der Waals surface area contributed by atoms with Gasteiger partial charge in [0.1, 0.15) is 0 Å². The summed E-state index contributed by atoms with van der Waals surface area (Å²) in [4.78, 5) is 28.5. The lowest BCUT2D eigenvalue weighted by Crippen LogP contribution is -2.30. The van der Waals surface area contributed by atoms with Gasteiger partial charge in [-0.3, -0.25) is 9.78 Å². The highest BCUT2D eigenvalue weighted by Gasteiger charge is 2.19. The highest BCUT2D eigenvalue weighted by atomic mass is 16.5. The number of nitrogens with one attached hydrogen (secondary N) is 1. The van der Waals surface area contributed by atoms with Gasteiger partial charge in [0.25, 0.3) is 5.91 Å². The lowest BCUT2D eigenvalue weighted by atomic mass is 10.1. The van der Waals surface area contributed by atoms with Crippen molar-refractivity contribution < 1.29 is 9.53 Å². The Hall–Kier alpha value is -3.68. The lowest BCUT2D eigenvalue weighted by molar-refractivity contribution is 0.102. The van der Waals surface area contributed by atoms with Gasteiger partial charge in [0.2, 0.25) is 5.88 Å². The van der Waals surface area contributed by atoms with Crippen LogP contribution in [0.25, 0.3) is 11.4 Å². The Morgan fingerprint density at radius 2 is 1.90 bits per heavy atom. The van der Waals surface area contributed by atoms with Crippen molar-refractivity contribution in [3.8, 4) is 17.3 Å². The molecule has 0 saturated carbocycles. The number of nitrogens with zero attached hydrogens (tertiary/aromatic N) is 4. The Morgan fingerprint density at radius 3 is 2.71 bits per heavy atom. The summed E-state index contributed by atoms with van der Waals surface area (Å²) in [7, 11) is 0. The van der Waals surface area contributed by atoms with Crippen molar-refractivity contribution in [1.82, 2.24) is 15.0 Å². The molecule has 0 spiro atoms. The maximum atomic E-state index is 13.1. The first-order chi connectivity index (χ1) is 15.2. The van der Waals surface area contributed by atoms with E-state index in [2.05, 4.69) is 25.2 Å². The second-order valence-corrected chi connectivity index (χ2v) is 7.32. The second kappa shape index (κ2) is 9.42. The number of nitrogens with two attached hydrogens (primary N) is 1.